The van der Waals surface area contributed by atoms with Crippen LogP contribution in [-0.2, 0) is 11.3 Å². The van der Waals surface area contributed by atoms with Gasteiger partial charge in [0.1, 0.15) is 6.07 Å². The summed E-state index contributed by atoms with van der Waals surface area (Å²) < 4.78 is 0. The lowest BCUT2D eigenvalue weighted by atomic mass is 10.1. The summed E-state index contributed by atoms with van der Waals surface area (Å²) >= 11 is 6.06. The highest BCUT2D eigenvalue weighted by Gasteiger charge is 2.24. The zero-order valence-corrected chi connectivity index (χ0v) is 17.7. The van der Waals surface area contributed by atoms with Crippen molar-refractivity contribution in [2.24, 2.45) is 0 Å². The smallest absolute Gasteiger partial charge is 0.241 e. The molecule has 0 bridgehead atoms. The van der Waals surface area contributed by atoms with Gasteiger partial charge in [0.25, 0.3) is 0 Å². The molecule has 2 aromatic rings. The Hall–Kier alpha value is -2.90. The monoisotopic (exact) mass is 421 g/mol. The summed E-state index contributed by atoms with van der Waals surface area (Å²) in [6.45, 7) is 6.25. The molecule has 1 atom stereocenters. The molecule has 2 aromatic carbocycles. The van der Waals surface area contributed by atoms with Gasteiger partial charge in [-0.1, -0.05) is 23.7 Å². The van der Waals surface area contributed by atoms with Crippen LogP contribution >= 0.6 is 11.6 Å². The van der Waals surface area contributed by atoms with Crippen LogP contribution in [0.25, 0.3) is 0 Å². The van der Waals surface area contributed by atoms with Gasteiger partial charge in [-0.05, 0) is 55.8 Å². The number of benzene rings is 2. The summed E-state index contributed by atoms with van der Waals surface area (Å²) in [5.41, 5.74) is 2.83. The number of nitriles is 2. The lowest BCUT2D eigenvalue weighted by Crippen LogP contribution is -2.43. The van der Waals surface area contributed by atoms with E-state index in [2.05, 4.69) is 21.2 Å². The van der Waals surface area contributed by atoms with E-state index in [-0.39, 0.29) is 11.9 Å². The zero-order valence-electron chi connectivity index (χ0n) is 16.9. The molecule has 0 spiro atoms. The zero-order chi connectivity index (χ0) is 21.5. The SMILES string of the molecule is CC(C(=O)Nc1ccc(C#N)c(Cl)c1)N1CCCN(Cc2ccc(C#N)cc2)CC1. The molecule has 154 valence electrons. The highest BCUT2D eigenvalue weighted by Crippen LogP contribution is 2.21. The van der Waals surface area contributed by atoms with Gasteiger partial charge in [-0.2, -0.15) is 10.5 Å². The van der Waals surface area contributed by atoms with Gasteiger partial charge in [0.2, 0.25) is 5.91 Å². The number of nitrogens with zero attached hydrogens (tertiary/aromatic N) is 4. The second kappa shape index (κ2) is 10.2. The van der Waals surface area contributed by atoms with Crippen molar-refractivity contribution in [3.05, 3.63) is 64.2 Å². The third kappa shape index (κ3) is 5.58. The highest BCUT2D eigenvalue weighted by atomic mass is 35.5. The van der Waals surface area contributed by atoms with Gasteiger partial charge in [0.05, 0.1) is 28.3 Å². The number of anilines is 1. The van der Waals surface area contributed by atoms with Gasteiger partial charge in [-0.15, -0.1) is 0 Å². The van der Waals surface area contributed by atoms with Crippen LogP contribution in [0.2, 0.25) is 5.02 Å². The van der Waals surface area contributed by atoms with Gasteiger partial charge < -0.3 is 5.32 Å². The predicted molar refractivity (Wildman–Crippen MR) is 117 cm³/mol. The van der Waals surface area contributed by atoms with E-state index in [9.17, 15) is 4.79 Å². The van der Waals surface area contributed by atoms with Crippen LogP contribution in [0.3, 0.4) is 0 Å². The average molecular weight is 422 g/mol. The molecule has 1 amide bonds. The van der Waals surface area contributed by atoms with E-state index in [1.807, 2.05) is 37.3 Å². The minimum Gasteiger partial charge on any atom is -0.325 e. The van der Waals surface area contributed by atoms with Gasteiger partial charge in [0, 0.05) is 31.9 Å². The molecule has 1 aliphatic rings. The number of hydrogen-bond acceptors (Lipinski definition) is 5. The van der Waals surface area contributed by atoms with Gasteiger partial charge in [-0.3, -0.25) is 14.6 Å². The molecule has 0 aliphatic carbocycles. The van der Waals surface area contributed by atoms with Crippen molar-refractivity contribution in [2.45, 2.75) is 25.9 Å². The van der Waals surface area contributed by atoms with E-state index in [1.165, 1.54) is 5.56 Å². The molecule has 1 saturated heterocycles. The number of carbonyl (C=O) groups excluding carboxylic acids is 1. The van der Waals surface area contributed by atoms with Crippen molar-refractivity contribution in [1.82, 2.24) is 9.80 Å². The summed E-state index contributed by atoms with van der Waals surface area (Å²) in [6, 6.07) is 16.5. The predicted octanol–water partition coefficient (Wildman–Crippen LogP) is 3.62. The van der Waals surface area contributed by atoms with Crippen molar-refractivity contribution < 1.29 is 4.79 Å². The second-order valence-corrected chi connectivity index (χ2v) is 7.85. The van der Waals surface area contributed by atoms with Crippen LogP contribution in [0.1, 0.15) is 30.0 Å². The fraction of sp³-hybridized carbons (Fsp3) is 0.348. The summed E-state index contributed by atoms with van der Waals surface area (Å²) in [7, 11) is 0. The van der Waals surface area contributed by atoms with Crippen molar-refractivity contribution in [3.63, 3.8) is 0 Å². The first-order chi connectivity index (χ1) is 14.5. The minimum atomic E-state index is -0.269. The molecule has 1 heterocycles. The lowest BCUT2D eigenvalue weighted by molar-refractivity contribution is -0.120. The topological polar surface area (TPSA) is 83.2 Å². The summed E-state index contributed by atoms with van der Waals surface area (Å²) in [5, 5.41) is 21.1. The second-order valence-electron chi connectivity index (χ2n) is 7.45. The number of amides is 1. The Kier molecular flexibility index (Phi) is 7.43. The van der Waals surface area contributed by atoms with E-state index in [0.29, 0.717) is 21.8 Å². The molecule has 6 nitrogen and oxygen atoms in total. The maximum atomic E-state index is 12.7. The van der Waals surface area contributed by atoms with Crippen LogP contribution in [-0.4, -0.2) is 47.9 Å². The summed E-state index contributed by atoms with van der Waals surface area (Å²) in [4.78, 5) is 17.3. The van der Waals surface area contributed by atoms with Gasteiger partial charge in [-0.25, -0.2) is 0 Å². The lowest BCUT2D eigenvalue weighted by Gasteiger charge is -2.27. The molecule has 7 heteroatoms. The molecule has 1 aliphatic heterocycles. The summed E-state index contributed by atoms with van der Waals surface area (Å²) in [5.74, 6) is -0.0867. The molecule has 0 aromatic heterocycles. The molecule has 0 saturated carbocycles. The van der Waals surface area contributed by atoms with Crippen molar-refractivity contribution in [2.75, 3.05) is 31.5 Å². The van der Waals surface area contributed by atoms with E-state index < -0.39 is 0 Å². The number of halogens is 1. The molecule has 30 heavy (non-hydrogen) atoms. The van der Waals surface area contributed by atoms with Crippen LogP contribution in [0.4, 0.5) is 5.69 Å². The fourth-order valence-electron chi connectivity index (χ4n) is 3.58. The van der Waals surface area contributed by atoms with Crippen LogP contribution in [0.5, 0.6) is 0 Å². The highest BCUT2D eigenvalue weighted by molar-refractivity contribution is 6.32. The largest absolute Gasteiger partial charge is 0.325 e. The Morgan fingerprint density at radius 3 is 2.53 bits per heavy atom. The molecule has 1 unspecified atom stereocenters. The Bertz CT molecular complexity index is 977. The number of hydrogen-bond donors (Lipinski definition) is 1. The average Bonchev–Trinajstić information content (AvgIpc) is 2.99. The van der Waals surface area contributed by atoms with Crippen molar-refractivity contribution >= 4 is 23.2 Å². The third-order valence-corrected chi connectivity index (χ3v) is 5.71. The first-order valence-electron chi connectivity index (χ1n) is 9.96. The number of nitrogens with one attached hydrogen (secondary N) is 1. The van der Waals surface area contributed by atoms with Crippen LogP contribution in [0, 0.1) is 22.7 Å². The van der Waals surface area contributed by atoms with E-state index in [4.69, 9.17) is 22.1 Å². The molecular formula is C23H24ClN5O. The van der Waals surface area contributed by atoms with E-state index in [0.717, 1.165) is 39.1 Å². The Labute approximate surface area is 182 Å². The molecular weight excluding hydrogens is 398 g/mol. The third-order valence-electron chi connectivity index (χ3n) is 5.40. The van der Waals surface area contributed by atoms with Crippen LogP contribution in [0.15, 0.2) is 42.5 Å². The van der Waals surface area contributed by atoms with Crippen molar-refractivity contribution in [3.8, 4) is 12.1 Å². The Morgan fingerprint density at radius 2 is 1.87 bits per heavy atom. The first kappa shape index (κ1) is 21.8. The quantitative estimate of drug-likeness (QED) is 0.797. The van der Waals surface area contributed by atoms with E-state index >= 15 is 0 Å². The summed E-state index contributed by atoms with van der Waals surface area (Å²) in [6.07, 6.45) is 0.983. The first-order valence-corrected chi connectivity index (χ1v) is 10.3. The van der Waals surface area contributed by atoms with Crippen molar-refractivity contribution in [1.29, 1.82) is 10.5 Å². The molecule has 1 N–H and O–H groups in total. The number of carbonyl (C=O) groups is 1. The number of rotatable bonds is 5. The normalized spacial score (nSPS) is 16.1. The van der Waals surface area contributed by atoms with Crippen LogP contribution < -0.4 is 5.32 Å². The molecule has 0 radical (unpaired) electrons. The van der Waals surface area contributed by atoms with Gasteiger partial charge in [0.15, 0.2) is 0 Å². The maximum Gasteiger partial charge on any atom is 0.241 e. The molecule has 3 rings (SSSR count). The maximum absolute atomic E-state index is 12.7. The Balaban J connectivity index is 1.54. The van der Waals surface area contributed by atoms with Gasteiger partial charge >= 0.3 is 0 Å². The minimum absolute atomic E-state index is 0.0867. The fourth-order valence-corrected chi connectivity index (χ4v) is 3.80. The standard InChI is InChI=1S/C23H24ClN5O/c1-17(23(30)27-21-8-7-20(15-26)22(24)13-21)29-10-2-9-28(11-12-29)16-19-5-3-18(14-25)4-6-19/h3-8,13,17H,2,9-12,16H2,1H3,(H,27,30). The molecule has 1 fully saturated rings. The van der Waals surface area contributed by atoms with E-state index in [1.54, 1.807) is 18.2 Å². The Morgan fingerprint density at radius 1 is 1.10 bits per heavy atom.